The third-order valence-electron chi connectivity index (χ3n) is 3.62. The van der Waals surface area contributed by atoms with Crippen LogP contribution in [0.4, 0.5) is 5.69 Å². The number of aryl methyl sites for hydroxylation is 1. The normalized spacial score (nSPS) is 14.2. The highest BCUT2D eigenvalue weighted by Gasteiger charge is 2.27. The molecule has 0 bridgehead atoms. The summed E-state index contributed by atoms with van der Waals surface area (Å²) < 4.78 is 1.98. The standard InChI is InChI=1S/C15H16N4O/c1-18(2)10-4-5-11-12(8-10)19(3)13-6-9(16)7-14(20)15(13)17-11/h4-6,8,16H,7H2,1-3H3/p+1. The van der Waals surface area contributed by atoms with Crippen molar-refractivity contribution < 1.29 is 9.36 Å². The highest BCUT2D eigenvalue weighted by molar-refractivity contribution is 6.01. The van der Waals surface area contributed by atoms with E-state index in [-0.39, 0.29) is 12.2 Å². The average Bonchev–Trinajstić information content (AvgIpc) is 2.40. The molecule has 0 fully saturated rings. The summed E-state index contributed by atoms with van der Waals surface area (Å²) in [6.45, 7) is 0. The number of anilines is 1. The number of nitrogens with two attached hydrogens (primary N) is 1. The first-order valence-corrected chi connectivity index (χ1v) is 6.47. The minimum Gasteiger partial charge on any atom is -0.401 e. The van der Waals surface area contributed by atoms with E-state index in [4.69, 9.17) is 5.73 Å². The van der Waals surface area contributed by atoms with Crippen LogP contribution in [0.15, 0.2) is 23.9 Å². The molecule has 1 aromatic heterocycles. The van der Waals surface area contributed by atoms with Gasteiger partial charge >= 0.3 is 0 Å². The lowest BCUT2D eigenvalue weighted by molar-refractivity contribution is -0.647. The Morgan fingerprint density at radius 3 is 2.80 bits per heavy atom. The SMILES string of the molecule is CN(C)c1ccc2nc3c([n+](C)c2c1)C=C(N)CC3=O. The Balaban J connectivity index is 2.34. The molecule has 20 heavy (non-hydrogen) atoms. The van der Waals surface area contributed by atoms with E-state index in [0.717, 1.165) is 22.4 Å². The summed E-state index contributed by atoms with van der Waals surface area (Å²) >= 11 is 0. The third kappa shape index (κ3) is 1.82. The zero-order chi connectivity index (χ0) is 14.4. The molecule has 3 rings (SSSR count). The number of rotatable bonds is 1. The molecule has 0 saturated carbocycles. The summed E-state index contributed by atoms with van der Waals surface area (Å²) in [4.78, 5) is 18.6. The van der Waals surface area contributed by atoms with Gasteiger partial charge in [0.25, 0.3) is 0 Å². The molecule has 5 nitrogen and oxygen atoms in total. The number of hydrogen-bond acceptors (Lipinski definition) is 4. The fourth-order valence-electron chi connectivity index (χ4n) is 2.49. The summed E-state index contributed by atoms with van der Waals surface area (Å²) in [5.41, 5.74) is 10.6. The molecular formula is C15H17N4O+. The number of hydrogen-bond donors (Lipinski definition) is 1. The first kappa shape index (κ1) is 12.6. The number of allylic oxidation sites excluding steroid dienone is 1. The number of benzene rings is 1. The second kappa shape index (κ2) is 4.30. The molecule has 0 atom stereocenters. The van der Waals surface area contributed by atoms with Crippen LogP contribution in [0.5, 0.6) is 0 Å². The van der Waals surface area contributed by atoms with Crippen molar-refractivity contribution in [3.8, 4) is 0 Å². The van der Waals surface area contributed by atoms with Crippen LogP contribution in [-0.4, -0.2) is 24.9 Å². The van der Waals surface area contributed by atoms with Gasteiger partial charge in [-0.05, 0) is 12.1 Å². The van der Waals surface area contributed by atoms with Gasteiger partial charge in [0.05, 0.1) is 6.42 Å². The van der Waals surface area contributed by atoms with Crippen molar-refractivity contribution in [2.75, 3.05) is 19.0 Å². The van der Waals surface area contributed by atoms with Crippen LogP contribution in [0.2, 0.25) is 0 Å². The minimum absolute atomic E-state index is 0.0193. The van der Waals surface area contributed by atoms with Crippen LogP contribution in [0.3, 0.4) is 0 Å². The number of Topliss-reactive ketones (excluding diaryl/α,β-unsaturated/α-hetero) is 1. The molecule has 0 spiro atoms. The zero-order valence-corrected chi connectivity index (χ0v) is 11.8. The van der Waals surface area contributed by atoms with Crippen molar-refractivity contribution >= 4 is 28.6 Å². The molecule has 1 aliphatic carbocycles. The quantitative estimate of drug-likeness (QED) is 0.785. The van der Waals surface area contributed by atoms with Crippen molar-refractivity contribution in [3.05, 3.63) is 35.3 Å². The molecule has 5 heteroatoms. The van der Waals surface area contributed by atoms with E-state index >= 15 is 0 Å². The van der Waals surface area contributed by atoms with Crippen LogP contribution in [0.1, 0.15) is 22.6 Å². The molecule has 1 heterocycles. The van der Waals surface area contributed by atoms with E-state index in [9.17, 15) is 4.79 Å². The Morgan fingerprint density at radius 2 is 2.10 bits per heavy atom. The summed E-state index contributed by atoms with van der Waals surface area (Å²) in [5.74, 6) is -0.0193. The molecular weight excluding hydrogens is 252 g/mol. The molecule has 0 unspecified atom stereocenters. The van der Waals surface area contributed by atoms with Crippen LogP contribution in [-0.2, 0) is 7.05 Å². The number of carbonyl (C=O) groups is 1. The van der Waals surface area contributed by atoms with Crippen molar-refractivity contribution in [2.24, 2.45) is 12.8 Å². The topological polar surface area (TPSA) is 63.1 Å². The van der Waals surface area contributed by atoms with Crippen LogP contribution < -0.4 is 15.2 Å². The Bertz CT molecular complexity index is 762. The second-order valence-electron chi connectivity index (χ2n) is 5.29. The molecule has 0 radical (unpaired) electrons. The Morgan fingerprint density at radius 1 is 1.35 bits per heavy atom. The van der Waals surface area contributed by atoms with E-state index in [1.54, 1.807) is 0 Å². The van der Waals surface area contributed by atoms with Crippen molar-refractivity contribution in [2.45, 2.75) is 6.42 Å². The van der Waals surface area contributed by atoms with Crippen LogP contribution >= 0.6 is 0 Å². The largest absolute Gasteiger partial charge is 0.401 e. The van der Waals surface area contributed by atoms with Gasteiger partial charge in [-0.2, -0.15) is 4.57 Å². The molecule has 0 amide bonds. The van der Waals surface area contributed by atoms with E-state index in [1.165, 1.54) is 0 Å². The lowest BCUT2D eigenvalue weighted by Crippen LogP contribution is -2.38. The van der Waals surface area contributed by atoms with E-state index in [2.05, 4.69) is 11.1 Å². The van der Waals surface area contributed by atoms with E-state index in [1.807, 2.05) is 48.8 Å². The first-order valence-electron chi connectivity index (χ1n) is 6.47. The molecule has 1 aliphatic rings. The van der Waals surface area contributed by atoms with Gasteiger partial charge in [0, 0.05) is 37.6 Å². The first-order chi connectivity index (χ1) is 9.47. The van der Waals surface area contributed by atoms with Gasteiger partial charge in [0.1, 0.15) is 12.6 Å². The van der Waals surface area contributed by atoms with Gasteiger partial charge in [-0.25, -0.2) is 4.98 Å². The maximum atomic E-state index is 12.1. The summed E-state index contributed by atoms with van der Waals surface area (Å²) in [7, 11) is 5.92. The smallest absolute Gasteiger partial charge is 0.236 e. The Hall–Kier alpha value is -2.43. The maximum absolute atomic E-state index is 12.1. The Labute approximate surface area is 117 Å². The molecule has 1 aromatic carbocycles. The number of fused-ring (bicyclic) bond motifs is 2. The summed E-state index contributed by atoms with van der Waals surface area (Å²) in [6.07, 6.45) is 2.09. The van der Waals surface area contributed by atoms with Crippen molar-refractivity contribution in [3.63, 3.8) is 0 Å². The summed E-state index contributed by atoms with van der Waals surface area (Å²) in [5, 5.41) is 0. The van der Waals surface area contributed by atoms with Gasteiger partial charge in [0.15, 0.2) is 11.5 Å². The third-order valence-corrected chi connectivity index (χ3v) is 3.62. The Kier molecular flexibility index (Phi) is 2.71. The maximum Gasteiger partial charge on any atom is 0.236 e. The number of aromatic nitrogens is 2. The molecule has 2 aromatic rings. The van der Waals surface area contributed by atoms with Crippen LogP contribution in [0, 0.1) is 0 Å². The van der Waals surface area contributed by atoms with Crippen molar-refractivity contribution in [1.29, 1.82) is 0 Å². The predicted molar refractivity (Wildman–Crippen MR) is 78.4 cm³/mol. The van der Waals surface area contributed by atoms with Gasteiger partial charge in [-0.3, -0.25) is 4.79 Å². The monoisotopic (exact) mass is 269 g/mol. The van der Waals surface area contributed by atoms with Crippen molar-refractivity contribution in [1.82, 2.24) is 4.98 Å². The lowest BCUT2D eigenvalue weighted by atomic mass is 10.0. The van der Waals surface area contributed by atoms with Crippen LogP contribution in [0.25, 0.3) is 17.1 Å². The fraction of sp³-hybridized carbons (Fsp3) is 0.267. The average molecular weight is 269 g/mol. The number of ketones is 1. The summed E-state index contributed by atoms with van der Waals surface area (Å²) in [6, 6.07) is 6.00. The van der Waals surface area contributed by atoms with Gasteiger partial charge in [-0.1, -0.05) is 0 Å². The molecule has 0 aliphatic heterocycles. The van der Waals surface area contributed by atoms with E-state index in [0.29, 0.717) is 11.4 Å². The number of nitrogens with zero attached hydrogens (tertiary/aromatic N) is 3. The van der Waals surface area contributed by atoms with Gasteiger partial charge in [-0.15, -0.1) is 0 Å². The highest BCUT2D eigenvalue weighted by Crippen LogP contribution is 2.22. The van der Waals surface area contributed by atoms with Gasteiger partial charge < -0.3 is 10.6 Å². The fourth-order valence-corrected chi connectivity index (χ4v) is 2.49. The predicted octanol–water partition coefficient (Wildman–Crippen LogP) is 1.01. The highest BCUT2D eigenvalue weighted by atomic mass is 16.1. The molecule has 0 saturated heterocycles. The minimum atomic E-state index is -0.0193. The molecule has 102 valence electrons. The molecule has 2 N–H and O–H groups in total. The number of carbonyl (C=O) groups excluding carboxylic acids is 1. The van der Waals surface area contributed by atoms with E-state index < -0.39 is 0 Å². The lowest BCUT2D eigenvalue weighted by Gasteiger charge is -2.14. The van der Waals surface area contributed by atoms with Gasteiger partial charge in [0.2, 0.25) is 11.2 Å². The second-order valence-corrected chi connectivity index (χ2v) is 5.29. The zero-order valence-electron chi connectivity index (χ0n) is 11.8.